The van der Waals surface area contributed by atoms with E-state index < -0.39 is 5.60 Å². The van der Waals surface area contributed by atoms with E-state index in [-0.39, 0.29) is 6.09 Å². The topological polar surface area (TPSA) is 58.8 Å². The number of carbonyl (C=O) groups is 1. The molecule has 0 spiro atoms. The highest BCUT2D eigenvalue weighted by molar-refractivity contribution is 5.68. The zero-order valence-electron chi connectivity index (χ0n) is 14.4. The lowest BCUT2D eigenvalue weighted by Crippen LogP contribution is -2.37. The van der Waals surface area contributed by atoms with E-state index in [4.69, 9.17) is 10.5 Å². The van der Waals surface area contributed by atoms with Crippen LogP contribution in [0.1, 0.15) is 32.8 Å². The van der Waals surface area contributed by atoms with Gasteiger partial charge in [-0.05, 0) is 45.4 Å². The zero-order chi connectivity index (χ0) is 16.8. The van der Waals surface area contributed by atoms with E-state index in [1.165, 1.54) is 0 Å². The zero-order valence-corrected chi connectivity index (χ0v) is 14.4. The van der Waals surface area contributed by atoms with Crippen molar-refractivity contribution in [3.8, 4) is 0 Å². The lowest BCUT2D eigenvalue weighted by molar-refractivity contribution is 0.0233. The van der Waals surface area contributed by atoms with Crippen LogP contribution in [0.3, 0.4) is 0 Å². The molecule has 22 heavy (non-hydrogen) atoms. The first-order valence-electron chi connectivity index (χ1n) is 7.68. The molecule has 0 radical (unpaired) electrons. The molecule has 5 nitrogen and oxygen atoms in total. The van der Waals surface area contributed by atoms with Gasteiger partial charge >= 0.3 is 6.09 Å². The van der Waals surface area contributed by atoms with Gasteiger partial charge in [-0.2, -0.15) is 0 Å². The van der Waals surface area contributed by atoms with Crippen LogP contribution in [0.2, 0.25) is 0 Å². The summed E-state index contributed by atoms with van der Waals surface area (Å²) >= 11 is 0. The minimum atomic E-state index is -0.501. The summed E-state index contributed by atoms with van der Waals surface area (Å²) in [4.78, 5) is 16.2. The lowest BCUT2D eigenvalue weighted by Gasteiger charge is -2.28. The van der Waals surface area contributed by atoms with Gasteiger partial charge in [-0.3, -0.25) is 0 Å². The minimum Gasteiger partial charge on any atom is -0.444 e. The monoisotopic (exact) mass is 307 g/mol. The Kier molecular flexibility index (Phi) is 6.68. The van der Waals surface area contributed by atoms with E-state index in [2.05, 4.69) is 0 Å². The van der Waals surface area contributed by atoms with Crippen molar-refractivity contribution in [2.45, 2.75) is 39.3 Å². The first-order chi connectivity index (χ1) is 10.2. The average molecular weight is 307 g/mol. The smallest absolute Gasteiger partial charge is 0.410 e. The Morgan fingerprint density at radius 2 is 1.86 bits per heavy atom. The highest BCUT2D eigenvalue weighted by Crippen LogP contribution is 2.21. The van der Waals surface area contributed by atoms with Gasteiger partial charge in [0.2, 0.25) is 0 Å². The maximum Gasteiger partial charge on any atom is 0.410 e. The Morgan fingerprint density at radius 3 is 2.41 bits per heavy atom. The standard InChI is InChI=1S/C17H29N3O2/c1-17(2,3)22-16(21)20(12-8-11-18)13-14-9-6-7-10-15(14)19(4)5/h6-7,9-10H,8,11-13,18H2,1-5H3. The number of carbonyl (C=O) groups excluding carboxylic acids is 1. The van der Waals surface area contributed by atoms with E-state index in [0.717, 1.165) is 17.7 Å². The van der Waals surface area contributed by atoms with E-state index in [1.54, 1.807) is 4.90 Å². The largest absolute Gasteiger partial charge is 0.444 e. The quantitative estimate of drug-likeness (QED) is 0.878. The number of rotatable bonds is 6. The normalized spacial score (nSPS) is 11.2. The van der Waals surface area contributed by atoms with Crippen LogP contribution >= 0.6 is 0 Å². The highest BCUT2D eigenvalue weighted by atomic mass is 16.6. The van der Waals surface area contributed by atoms with Gasteiger partial charge in [0, 0.05) is 26.3 Å². The molecule has 0 bridgehead atoms. The van der Waals surface area contributed by atoms with Crippen molar-refractivity contribution in [3.63, 3.8) is 0 Å². The van der Waals surface area contributed by atoms with Gasteiger partial charge in [-0.1, -0.05) is 18.2 Å². The Labute approximate surface area is 134 Å². The summed E-state index contributed by atoms with van der Waals surface area (Å²) in [7, 11) is 3.99. The average Bonchev–Trinajstić information content (AvgIpc) is 2.41. The Morgan fingerprint density at radius 1 is 1.23 bits per heavy atom. The summed E-state index contributed by atoms with van der Waals surface area (Å²) in [5, 5.41) is 0. The molecule has 0 saturated heterocycles. The van der Waals surface area contributed by atoms with Crippen molar-refractivity contribution < 1.29 is 9.53 Å². The van der Waals surface area contributed by atoms with Gasteiger partial charge in [0.1, 0.15) is 5.60 Å². The molecule has 0 aromatic heterocycles. The van der Waals surface area contributed by atoms with Crippen LogP contribution < -0.4 is 10.6 Å². The SMILES string of the molecule is CN(C)c1ccccc1CN(CCCN)C(=O)OC(C)(C)C. The summed E-state index contributed by atoms with van der Waals surface area (Å²) < 4.78 is 5.50. The molecule has 124 valence electrons. The second-order valence-corrected chi connectivity index (χ2v) is 6.57. The molecule has 1 aromatic rings. The number of anilines is 1. The number of amides is 1. The second kappa shape index (κ2) is 8.03. The van der Waals surface area contributed by atoms with E-state index >= 15 is 0 Å². The molecule has 1 aromatic carbocycles. The predicted octanol–water partition coefficient (Wildman–Crippen LogP) is 2.84. The van der Waals surface area contributed by atoms with Crippen molar-refractivity contribution in [3.05, 3.63) is 29.8 Å². The fourth-order valence-electron chi connectivity index (χ4n) is 2.13. The molecule has 0 atom stereocenters. The van der Waals surface area contributed by atoms with Crippen molar-refractivity contribution in [2.75, 3.05) is 32.1 Å². The maximum absolute atomic E-state index is 12.4. The molecule has 5 heteroatoms. The van der Waals surface area contributed by atoms with Gasteiger partial charge in [0.25, 0.3) is 0 Å². The van der Waals surface area contributed by atoms with Crippen molar-refractivity contribution in [2.24, 2.45) is 5.73 Å². The summed E-state index contributed by atoms with van der Waals surface area (Å²) in [6.07, 6.45) is 0.457. The number of hydrogen-bond donors (Lipinski definition) is 1. The third-order valence-corrected chi connectivity index (χ3v) is 3.12. The molecule has 0 fully saturated rings. The van der Waals surface area contributed by atoms with Crippen molar-refractivity contribution in [1.82, 2.24) is 4.90 Å². The fraction of sp³-hybridized carbons (Fsp3) is 0.588. The number of para-hydroxylation sites is 1. The summed E-state index contributed by atoms with van der Waals surface area (Å²) in [5.41, 5.74) is 7.28. The van der Waals surface area contributed by atoms with Crippen LogP contribution in [-0.4, -0.2) is 43.8 Å². The molecule has 0 unspecified atom stereocenters. The van der Waals surface area contributed by atoms with Gasteiger partial charge in [0.05, 0.1) is 6.54 Å². The van der Waals surface area contributed by atoms with Gasteiger partial charge < -0.3 is 20.3 Å². The second-order valence-electron chi connectivity index (χ2n) is 6.57. The van der Waals surface area contributed by atoms with Gasteiger partial charge in [-0.15, -0.1) is 0 Å². The molecule has 0 aliphatic carbocycles. The predicted molar refractivity (Wildman–Crippen MR) is 91.1 cm³/mol. The first kappa shape index (κ1) is 18.3. The third-order valence-electron chi connectivity index (χ3n) is 3.12. The Hall–Kier alpha value is -1.75. The molecule has 1 rings (SSSR count). The molecule has 0 saturated carbocycles. The number of nitrogens with zero attached hydrogens (tertiary/aromatic N) is 2. The molecule has 2 N–H and O–H groups in total. The number of ether oxygens (including phenoxy) is 1. The first-order valence-corrected chi connectivity index (χ1v) is 7.68. The van der Waals surface area contributed by atoms with Gasteiger partial charge in [0.15, 0.2) is 0 Å². The third kappa shape index (κ3) is 5.93. The molecule has 1 amide bonds. The van der Waals surface area contributed by atoms with E-state index in [1.807, 2.05) is 64.0 Å². The van der Waals surface area contributed by atoms with Crippen LogP contribution in [0.25, 0.3) is 0 Å². The number of hydrogen-bond acceptors (Lipinski definition) is 4. The minimum absolute atomic E-state index is 0.297. The Bertz CT molecular complexity index is 481. The maximum atomic E-state index is 12.4. The lowest BCUT2D eigenvalue weighted by atomic mass is 10.1. The van der Waals surface area contributed by atoms with Crippen LogP contribution in [0.5, 0.6) is 0 Å². The summed E-state index contributed by atoms with van der Waals surface area (Å²) in [5.74, 6) is 0. The van der Waals surface area contributed by atoms with Crippen LogP contribution in [0.15, 0.2) is 24.3 Å². The van der Waals surface area contributed by atoms with Crippen LogP contribution in [0, 0.1) is 0 Å². The summed E-state index contributed by atoms with van der Waals surface area (Å²) in [6.45, 7) is 7.28. The number of nitrogens with two attached hydrogens (primary N) is 1. The number of benzene rings is 1. The molecule has 0 aliphatic rings. The molecule has 0 aliphatic heterocycles. The molecular formula is C17H29N3O2. The molecular weight excluding hydrogens is 278 g/mol. The fourth-order valence-corrected chi connectivity index (χ4v) is 2.13. The highest BCUT2D eigenvalue weighted by Gasteiger charge is 2.22. The Balaban J connectivity index is 2.92. The summed E-state index contributed by atoms with van der Waals surface area (Å²) in [6, 6.07) is 8.07. The van der Waals surface area contributed by atoms with E-state index in [9.17, 15) is 4.79 Å². The van der Waals surface area contributed by atoms with Crippen molar-refractivity contribution >= 4 is 11.8 Å². The van der Waals surface area contributed by atoms with E-state index in [0.29, 0.717) is 19.6 Å². The van der Waals surface area contributed by atoms with Gasteiger partial charge in [-0.25, -0.2) is 4.79 Å². The molecule has 0 heterocycles. The van der Waals surface area contributed by atoms with Crippen LogP contribution in [-0.2, 0) is 11.3 Å². The van der Waals surface area contributed by atoms with Crippen LogP contribution in [0.4, 0.5) is 10.5 Å². The van der Waals surface area contributed by atoms with Crippen molar-refractivity contribution in [1.29, 1.82) is 0 Å².